The lowest BCUT2D eigenvalue weighted by Crippen LogP contribution is -2.36. The summed E-state index contributed by atoms with van der Waals surface area (Å²) in [4.78, 5) is 14.5. The molecule has 1 aliphatic heterocycles. The van der Waals surface area contributed by atoms with Crippen molar-refractivity contribution < 1.29 is 13.9 Å². The van der Waals surface area contributed by atoms with Crippen LogP contribution in [0.5, 0.6) is 5.75 Å². The first-order valence-electron chi connectivity index (χ1n) is 9.51. The minimum atomic E-state index is 0.0350. The van der Waals surface area contributed by atoms with Gasteiger partial charge in [0.2, 0.25) is 0 Å². The van der Waals surface area contributed by atoms with Crippen molar-refractivity contribution in [3.63, 3.8) is 0 Å². The summed E-state index contributed by atoms with van der Waals surface area (Å²) < 4.78 is 11.3. The summed E-state index contributed by atoms with van der Waals surface area (Å²) in [5.41, 5.74) is 2.30. The Morgan fingerprint density at radius 2 is 1.79 bits per heavy atom. The van der Waals surface area contributed by atoms with Crippen LogP contribution in [-0.2, 0) is 4.79 Å². The van der Waals surface area contributed by atoms with Crippen molar-refractivity contribution in [2.45, 2.75) is 11.7 Å². The Hall–Kier alpha value is -2.66. The third kappa shape index (κ3) is 4.60. The molecule has 1 fully saturated rings. The van der Waals surface area contributed by atoms with E-state index in [9.17, 15) is 4.79 Å². The minimum absolute atomic E-state index is 0.0350. The average molecular weight is 394 g/mol. The van der Waals surface area contributed by atoms with E-state index in [-0.39, 0.29) is 12.5 Å². The maximum Gasteiger partial charge on any atom is 0.260 e. The second-order valence-corrected chi connectivity index (χ2v) is 8.03. The topological polar surface area (TPSA) is 42.7 Å². The van der Waals surface area contributed by atoms with E-state index in [1.807, 2.05) is 71.3 Å². The highest BCUT2D eigenvalue weighted by Gasteiger charge is 2.23. The Balaban J connectivity index is 1.29. The van der Waals surface area contributed by atoms with Gasteiger partial charge in [0.25, 0.3) is 5.91 Å². The Morgan fingerprint density at radius 3 is 2.54 bits per heavy atom. The molecule has 1 atom stereocenters. The third-order valence-corrected chi connectivity index (χ3v) is 6.17. The maximum absolute atomic E-state index is 12.6. The standard InChI is InChI=1S/C23H23NO3S/c25-23(24-13-12-22(28-16-14-24)21-7-4-15-26-21)17-27-20-10-8-19(9-11-20)18-5-2-1-3-6-18/h1-11,15,22H,12-14,16-17H2. The van der Waals surface area contributed by atoms with Crippen molar-refractivity contribution in [1.29, 1.82) is 0 Å². The Labute approximate surface area is 169 Å². The van der Waals surface area contributed by atoms with Crippen LogP contribution in [-0.4, -0.2) is 36.3 Å². The normalized spacial score (nSPS) is 17.1. The van der Waals surface area contributed by atoms with E-state index in [1.165, 1.54) is 5.56 Å². The molecule has 4 rings (SSSR count). The molecule has 5 heteroatoms. The fourth-order valence-corrected chi connectivity index (χ4v) is 4.51. The van der Waals surface area contributed by atoms with Crippen molar-refractivity contribution >= 4 is 17.7 Å². The summed E-state index contributed by atoms with van der Waals surface area (Å²) in [7, 11) is 0. The van der Waals surface area contributed by atoms with E-state index in [0.29, 0.717) is 11.0 Å². The van der Waals surface area contributed by atoms with Gasteiger partial charge in [0.1, 0.15) is 11.5 Å². The van der Waals surface area contributed by atoms with E-state index >= 15 is 0 Å². The summed E-state index contributed by atoms with van der Waals surface area (Å²) in [5, 5.41) is 0.319. The molecule has 2 aromatic carbocycles. The molecule has 2 heterocycles. The molecule has 0 aliphatic carbocycles. The SMILES string of the molecule is O=C(COc1ccc(-c2ccccc2)cc1)N1CCSC(c2ccco2)CC1. The van der Waals surface area contributed by atoms with E-state index in [4.69, 9.17) is 9.15 Å². The largest absolute Gasteiger partial charge is 0.484 e. The predicted octanol–water partition coefficient (Wildman–Crippen LogP) is 5.03. The van der Waals surface area contributed by atoms with Gasteiger partial charge in [0.05, 0.1) is 11.5 Å². The molecule has 4 nitrogen and oxygen atoms in total. The summed E-state index contributed by atoms with van der Waals surface area (Å²) in [6, 6.07) is 22.0. The van der Waals surface area contributed by atoms with Crippen LogP contribution in [0.4, 0.5) is 0 Å². The first kappa shape index (κ1) is 18.7. The first-order chi connectivity index (χ1) is 13.8. The monoisotopic (exact) mass is 393 g/mol. The Morgan fingerprint density at radius 1 is 1.00 bits per heavy atom. The zero-order valence-electron chi connectivity index (χ0n) is 15.6. The van der Waals surface area contributed by atoms with Gasteiger partial charge in [-0.15, -0.1) is 11.8 Å². The zero-order chi connectivity index (χ0) is 19.2. The predicted molar refractivity (Wildman–Crippen MR) is 112 cm³/mol. The van der Waals surface area contributed by atoms with Gasteiger partial charge in [-0.25, -0.2) is 0 Å². The molecular formula is C23H23NO3S. The molecule has 1 saturated heterocycles. The molecule has 1 amide bonds. The van der Waals surface area contributed by atoms with E-state index < -0.39 is 0 Å². The molecule has 0 bridgehead atoms. The van der Waals surface area contributed by atoms with Gasteiger partial charge in [0, 0.05) is 18.8 Å². The highest BCUT2D eigenvalue weighted by molar-refractivity contribution is 7.99. The number of furan rings is 1. The molecule has 3 aromatic rings. The van der Waals surface area contributed by atoms with Crippen LogP contribution >= 0.6 is 11.8 Å². The lowest BCUT2D eigenvalue weighted by molar-refractivity contribution is -0.133. The number of rotatable bonds is 5. The Kier molecular flexibility index (Phi) is 6.02. The number of ether oxygens (including phenoxy) is 1. The molecule has 0 N–H and O–H groups in total. The smallest absolute Gasteiger partial charge is 0.260 e. The Bertz CT molecular complexity index is 878. The van der Waals surface area contributed by atoms with Crippen molar-refractivity contribution in [3.05, 3.63) is 78.8 Å². The zero-order valence-corrected chi connectivity index (χ0v) is 16.4. The maximum atomic E-state index is 12.6. The average Bonchev–Trinajstić information content (AvgIpc) is 3.17. The molecule has 28 heavy (non-hydrogen) atoms. The second kappa shape index (κ2) is 9.02. The summed E-state index contributed by atoms with van der Waals surface area (Å²) in [5.74, 6) is 2.65. The number of hydrogen-bond donors (Lipinski definition) is 0. The number of hydrogen-bond acceptors (Lipinski definition) is 4. The minimum Gasteiger partial charge on any atom is -0.484 e. The molecule has 0 spiro atoms. The lowest BCUT2D eigenvalue weighted by Gasteiger charge is -2.20. The molecular weight excluding hydrogens is 370 g/mol. The number of carbonyl (C=O) groups is 1. The molecule has 144 valence electrons. The number of nitrogens with zero attached hydrogens (tertiary/aromatic N) is 1. The van der Waals surface area contributed by atoms with Crippen molar-refractivity contribution in [2.75, 3.05) is 25.4 Å². The van der Waals surface area contributed by atoms with Crippen LogP contribution in [0.15, 0.2) is 77.4 Å². The molecule has 1 aromatic heterocycles. The fourth-order valence-electron chi connectivity index (χ4n) is 3.33. The van der Waals surface area contributed by atoms with Crippen LogP contribution in [0, 0.1) is 0 Å². The summed E-state index contributed by atoms with van der Waals surface area (Å²) in [6.45, 7) is 1.55. The van der Waals surface area contributed by atoms with Crippen molar-refractivity contribution in [1.82, 2.24) is 4.90 Å². The van der Waals surface area contributed by atoms with E-state index in [1.54, 1.807) is 6.26 Å². The van der Waals surface area contributed by atoms with Gasteiger partial charge in [-0.05, 0) is 41.8 Å². The second-order valence-electron chi connectivity index (χ2n) is 6.72. The van der Waals surface area contributed by atoms with Crippen molar-refractivity contribution in [2.24, 2.45) is 0 Å². The van der Waals surface area contributed by atoms with Crippen LogP contribution in [0.25, 0.3) is 11.1 Å². The molecule has 0 saturated carbocycles. The number of thioether (sulfide) groups is 1. The summed E-state index contributed by atoms with van der Waals surface area (Å²) >= 11 is 1.85. The number of amides is 1. The van der Waals surface area contributed by atoms with Gasteiger partial charge in [-0.3, -0.25) is 4.79 Å². The third-order valence-electron chi connectivity index (χ3n) is 4.88. The van der Waals surface area contributed by atoms with Gasteiger partial charge in [-0.1, -0.05) is 42.5 Å². The van der Waals surface area contributed by atoms with Crippen LogP contribution in [0.2, 0.25) is 0 Å². The quantitative estimate of drug-likeness (QED) is 0.610. The molecule has 0 radical (unpaired) electrons. The van der Waals surface area contributed by atoms with Gasteiger partial charge in [-0.2, -0.15) is 0 Å². The van der Waals surface area contributed by atoms with Crippen LogP contribution in [0.3, 0.4) is 0 Å². The molecule has 1 aliphatic rings. The van der Waals surface area contributed by atoms with E-state index in [0.717, 1.165) is 36.6 Å². The van der Waals surface area contributed by atoms with Crippen LogP contribution < -0.4 is 4.74 Å². The van der Waals surface area contributed by atoms with Crippen molar-refractivity contribution in [3.8, 4) is 16.9 Å². The van der Waals surface area contributed by atoms with E-state index in [2.05, 4.69) is 12.1 Å². The molecule has 1 unspecified atom stereocenters. The fraction of sp³-hybridized carbons (Fsp3) is 0.261. The number of benzene rings is 2. The summed E-state index contributed by atoms with van der Waals surface area (Å²) in [6.07, 6.45) is 2.61. The lowest BCUT2D eigenvalue weighted by atomic mass is 10.1. The van der Waals surface area contributed by atoms with Gasteiger partial charge >= 0.3 is 0 Å². The number of carbonyl (C=O) groups excluding carboxylic acids is 1. The highest BCUT2D eigenvalue weighted by Crippen LogP contribution is 2.34. The van der Waals surface area contributed by atoms with Crippen LogP contribution in [0.1, 0.15) is 17.4 Å². The van der Waals surface area contributed by atoms with Gasteiger partial charge in [0.15, 0.2) is 6.61 Å². The highest BCUT2D eigenvalue weighted by atomic mass is 32.2. The van der Waals surface area contributed by atoms with Gasteiger partial charge < -0.3 is 14.1 Å². The first-order valence-corrected chi connectivity index (χ1v) is 10.6.